The fourth-order valence-electron chi connectivity index (χ4n) is 2.66. The molecule has 1 aliphatic rings. The SMILES string of the molecule is C[C@@H]1COCCN1c1cc(N=S(C)(C)=O)c2c(OC(F)F)n[nH]c2n1. The van der Waals surface area contributed by atoms with E-state index in [2.05, 4.69) is 24.3 Å². The minimum atomic E-state index is -3.04. The van der Waals surface area contributed by atoms with Crippen molar-refractivity contribution in [3.63, 3.8) is 0 Å². The molecule has 2 aromatic rings. The number of morpholine rings is 1. The Morgan fingerprint density at radius 3 is 2.92 bits per heavy atom. The Morgan fingerprint density at radius 2 is 2.28 bits per heavy atom. The topological polar surface area (TPSA) is 92.7 Å². The number of rotatable bonds is 4. The number of ether oxygens (including phenoxy) is 2. The zero-order valence-electron chi connectivity index (χ0n) is 14.0. The summed E-state index contributed by atoms with van der Waals surface area (Å²) in [7, 11) is -2.53. The number of anilines is 1. The van der Waals surface area contributed by atoms with Crippen molar-refractivity contribution in [3.8, 4) is 5.88 Å². The van der Waals surface area contributed by atoms with Gasteiger partial charge in [0.2, 0.25) is 5.88 Å². The van der Waals surface area contributed by atoms with Crippen LogP contribution in [0, 0.1) is 0 Å². The molecule has 1 N–H and O–H groups in total. The van der Waals surface area contributed by atoms with Crippen LogP contribution in [0.25, 0.3) is 11.0 Å². The first-order valence-corrected chi connectivity index (χ1v) is 9.93. The van der Waals surface area contributed by atoms with Crippen molar-refractivity contribution >= 4 is 32.3 Å². The van der Waals surface area contributed by atoms with Crippen molar-refractivity contribution in [1.29, 1.82) is 0 Å². The molecule has 8 nitrogen and oxygen atoms in total. The van der Waals surface area contributed by atoms with E-state index in [9.17, 15) is 13.0 Å². The standard InChI is InChI=1S/C14H19F2N5O3S/c1-8-7-23-5-4-21(8)10-6-9(20-25(2,3)22)11-12(17-10)18-19-13(11)24-14(15)16/h6,8,14H,4-5,7H2,1-3H3,(H,17,18,19)/t8-/m1/s1. The number of hydrogen-bond donors (Lipinski definition) is 1. The van der Waals surface area contributed by atoms with Gasteiger partial charge in [-0.2, -0.15) is 13.1 Å². The van der Waals surface area contributed by atoms with Crippen LogP contribution in [0.3, 0.4) is 0 Å². The number of pyridine rings is 1. The number of nitrogens with zero attached hydrogens (tertiary/aromatic N) is 4. The van der Waals surface area contributed by atoms with Crippen molar-refractivity contribution in [2.45, 2.75) is 19.6 Å². The summed E-state index contributed by atoms with van der Waals surface area (Å²) in [6.07, 6.45) is 2.92. The molecule has 2 aromatic heterocycles. The lowest BCUT2D eigenvalue weighted by molar-refractivity contribution is -0.0518. The fraction of sp³-hybridized carbons (Fsp3) is 0.571. The van der Waals surface area contributed by atoms with Gasteiger partial charge in [-0.05, 0) is 6.92 Å². The quantitative estimate of drug-likeness (QED) is 0.880. The molecule has 0 saturated carbocycles. The minimum Gasteiger partial charge on any atom is -0.414 e. The van der Waals surface area contributed by atoms with Crippen molar-refractivity contribution in [3.05, 3.63) is 6.07 Å². The molecule has 3 rings (SSSR count). The fourth-order valence-corrected chi connectivity index (χ4v) is 3.28. The molecule has 1 aliphatic heterocycles. The first kappa shape index (κ1) is 17.8. The van der Waals surface area contributed by atoms with Crippen LogP contribution in [-0.4, -0.2) is 64.3 Å². The average Bonchev–Trinajstić information content (AvgIpc) is 2.88. The van der Waals surface area contributed by atoms with E-state index in [-0.39, 0.29) is 28.6 Å². The number of aromatic nitrogens is 3. The lowest BCUT2D eigenvalue weighted by Gasteiger charge is -2.34. The molecule has 3 heterocycles. The smallest absolute Gasteiger partial charge is 0.388 e. The Kier molecular flexibility index (Phi) is 4.78. The normalized spacial score (nSPS) is 18.8. The van der Waals surface area contributed by atoms with Gasteiger partial charge >= 0.3 is 6.61 Å². The summed E-state index contributed by atoms with van der Waals surface area (Å²) in [5.74, 6) is 0.263. The van der Waals surface area contributed by atoms with E-state index in [1.54, 1.807) is 6.07 Å². The van der Waals surface area contributed by atoms with Gasteiger partial charge in [0.25, 0.3) is 0 Å². The highest BCUT2D eigenvalue weighted by atomic mass is 32.2. The maximum absolute atomic E-state index is 12.6. The van der Waals surface area contributed by atoms with Crippen LogP contribution in [-0.2, 0) is 14.5 Å². The van der Waals surface area contributed by atoms with Gasteiger partial charge in [0, 0.05) is 34.9 Å². The van der Waals surface area contributed by atoms with E-state index >= 15 is 0 Å². The van der Waals surface area contributed by atoms with E-state index in [1.807, 2.05) is 11.8 Å². The number of halogens is 2. The molecule has 0 bridgehead atoms. The summed E-state index contributed by atoms with van der Waals surface area (Å²) in [6, 6.07) is 1.70. The number of aromatic amines is 1. The lowest BCUT2D eigenvalue weighted by atomic mass is 10.2. The zero-order valence-corrected chi connectivity index (χ0v) is 14.8. The summed E-state index contributed by atoms with van der Waals surface area (Å²) < 4.78 is 51.4. The number of alkyl halides is 2. The maximum Gasteiger partial charge on any atom is 0.388 e. The molecule has 11 heteroatoms. The van der Waals surface area contributed by atoms with E-state index in [4.69, 9.17) is 4.74 Å². The molecule has 0 spiro atoms. The molecule has 1 atom stereocenters. The van der Waals surface area contributed by atoms with Crippen LogP contribution in [0.4, 0.5) is 20.3 Å². The third kappa shape index (κ3) is 3.98. The monoisotopic (exact) mass is 375 g/mol. The van der Waals surface area contributed by atoms with Crippen molar-refractivity contribution in [1.82, 2.24) is 15.2 Å². The van der Waals surface area contributed by atoms with Gasteiger partial charge in [-0.25, -0.2) is 9.19 Å². The number of nitrogens with one attached hydrogen (secondary N) is 1. The van der Waals surface area contributed by atoms with Crippen molar-refractivity contribution in [2.75, 3.05) is 37.2 Å². The highest BCUT2D eigenvalue weighted by molar-refractivity contribution is 7.92. The van der Waals surface area contributed by atoms with Crippen LogP contribution in [0.15, 0.2) is 10.4 Å². The molecule has 0 radical (unpaired) electrons. The second-order valence-electron chi connectivity index (χ2n) is 6.02. The van der Waals surface area contributed by atoms with Crippen molar-refractivity contribution < 1.29 is 22.5 Å². The molecular formula is C14H19F2N5O3S. The summed E-state index contributed by atoms with van der Waals surface area (Å²) >= 11 is 0. The Hall–Kier alpha value is -2.01. The molecular weight excluding hydrogens is 356 g/mol. The van der Waals surface area contributed by atoms with Gasteiger partial charge in [0.1, 0.15) is 11.2 Å². The minimum absolute atomic E-state index is 0.0823. The first-order chi connectivity index (χ1) is 11.7. The van der Waals surface area contributed by atoms with Gasteiger partial charge in [-0.1, -0.05) is 0 Å². The number of fused-ring (bicyclic) bond motifs is 1. The molecule has 0 aliphatic carbocycles. The first-order valence-electron chi connectivity index (χ1n) is 7.60. The predicted molar refractivity (Wildman–Crippen MR) is 90.2 cm³/mol. The number of hydrogen-bond acceptors (Lipinski definition) is 7. The van der Waals surface area contributed by atoms with Gasteiger partial charge < -0.3 is 14.4 Å². The van der Waals surface area contributed by atoms with Crippen LogP contribution >= 0.6 is 0 Å². The van der Waals surface area contributed by atoms with Crippen LogP contribution < -0.4 is 9.64 Å². The Morgan fingerprint density at radius 1 is 1.52 bits per heavy atom. The molecule has 1 saturated heterocycles. The molecule has 0 amide bonds. The second kappa shape index (κ2) is 6.71. The van der Waals surface area contributed by atoms with E-state index in [0.717, 1.165) is 0 Å². The van der Waals surface area contributed by atoms with Gasteiger partial charge in [-0.15, -0.1) is 5.10 Å². The highest BCUT2D eigenvalue weighted by Gasteiger charge is 2.24. The van der Waals surface area contributed by atoms with Crippen LogP contribution in [0.2, 0.25) is 0 Å². The largest absolute Gasteiger partial charge is 0.414 e. The molecule has 138 valence electrons. The van der Waals surface area contributed by atoms with Gasteiger partial charge in [-0.3, -0.25) is 5.10 Å². The summed E-state index contributed by atoms with van der Waals surface area (Å²) in [5.41, 5.74) is 0.493. The second-order valence-corrected chi connectivity index (χ2v) is 8.57. The predicted octanol–water partition coefficient (Wildman–Crippen LogP) is 2.14. The molecule has 0 aromatic carbocycles. The van der Waals surface area contributed by atoms with Crippen LogP contribution in [0.1, 0.15) is 6.92 Å². The van der Waals surface area contributed by atoms with Crippen LogP contribution in [0.5, 0.6) is 5.88 Å². The summed E-state index contributed by atoms with van der Waals surface area (Å²) in [4.78, 5) is 6.46. The summed E-state index contributed by atoms with van der Waals surface area (Å²) in [6.45, 7) is 0.681. The highest BCUT2D eigenvalue weighted by Crippen LogP contribution is 2.36. The molecule has 25 heavy (non-hydrogen) atoms. The Labute approximate surface area is 143 Å². The number of H-pyrrole nitrogens is 1. The molecule has 1 fully saturated rings. The maximum atomic E-state index is 12.6. The third-order valence-corrected chi connectivity index (χ3v) is 4.28. The van der Waals surface area contributed by atoms with Gasteiger partial charge in [0.05, 0.1) is 24.9 Å². The van der Waals surface area contributed by atoms with E-state index in [0.29, 0.717) is 25.6 Å². The van der Waals surface area contributed by atoms with Crippen molar-refractivity contribution in [2.24, 2.45) is 4.36 Å². The Balaban J connectivity index is 2.18. The Bertz CT molecular complexity index is 886. The van der Waals surface area contributed by atoms with Gasteiger partial charge in [0.15, 0.2) is 5.65 Å². The zero-order chi connectivity index (χ0) is 18.2. The summed E-state index contributed by atoms with van der Waals surface area (Å²) in [5, 5.41) is 6.51. The lowest BCUT2D eigenvalue weighted by Crippen LogP contribution is -2.44. The molecule has 0 unspecified atom stereocenters. The average molecular weight is 375 g/mol. The van der Waals surface area contributed by atoms with E-state index in [1.165, 1.54) is 12.5 Å². The van der Waals surface area contributed by atoms with E-state index < -0.39 is 16.3 Å². The third-order valence-electron chi connectivity index (χ3n) is 3.64.